The minimum atomic E-state index is -0.950. The van der Waals surface area contributed by atoms with Gasteiger partial charge in [-0.15, -0.1) is 0 Å². The molecule has 1 fully saturated rings. The van der Waals surface area contributed by atoms with Crippen molar-refractivity contribution in [3.05, 3.63) is 53.6 Å². The van der Waals surface area contributed by atoms with Crippen molar-refractivity contribution in [3.63, 3.8) is 0 Å². The molecule has 1 saturated carbocycles. The highest BCUT2D eigenvalue weighted by Gasteiger charge is 2.46. The van der Waals surface area contributed by atoms with E-state index < -0.39 is 5.97 Å². The van der Waals surface area contributed by atoms with Crippen LogP contribution in [-0.4, -0.2) is 29.4 Å². The van der Waals surface area contributed by atoms with Gasteiger partial charge in [-0.3, -0.25) is 5.01 Å². The average molecular weight is 377 g/mol. The third-order valence-electron chi connectivity index (χ3n) is 6.22. The summed E-state index contributed by atoms with van der Waals surface area (Å²) in [6.07, 6.45) is 4.94. The molecule has 2 aliphatic heterocycles. The smallest absolute Gasteiger partial charge is 0.335 e. The molecule has 0 saturated heterocycles. The van der Waals surface area contributed by atoms with Gasteiger partial charge in [0.1, 0.15) is 5.75 Å². The zero-order chi connectivity index (χ0) is 19.3. The molecule has 0 bridgehead atoms. The third-order valence-corrected chi connectivity index (χ3v) is 6.22. The Morgan fingerprint density at radius 2 is 1.89 bits per heavy atom. The molecule has 2 atom stereocenters. The second-order valence-electron chi connectivity index (χ2n) is 7.89. The molecule has 28 heavy (non-hydrogen) atoms. The van der Waals surface area contributed by atoms with Crippen molar-refractivity contribution >= 4 is 23.1 Å². The summed E-state index contributed by atoms with van der Waals surface area (Å²) < 4.78 is 6.03. The van der Waals surface area contributed by atoms with Crippen LogP contribution in [0.3, 0.4) is 0 Å². The Balaban J connectivity index is 1.58. The van der Waals surface area contributed by atoms with Gasteiger partial charge < -0.3 is 15.6 Å². The number of aromatic carboxylic acids is 1. The molecule has 2 heterocycles. The number of carboxylic acids is 1. The maximum absolute atomic E-state index is 11.3. The summed E-state index contributed by atoms with van der Waals surface area (Å²) in [4.78, 5) is 11.3. The van der Waals surface area contributed by atoms with E-state index >= 15 is 0 Å². The van der Waals surface area contributed by atoms with E-state index in [0.29, 0.717) is 18.3 Å². The molecule has 2 aromatic carbocycles. The van der Waals surface area contributed by atoms with Crippen molar-refractivity contribution in [2.24, 2.45) is 16.9 Å². The minimum Gasteiger partial charge on any atom is -0.492 e. The highest BCUT2D eigenvalue weighted by Crippen LogP contribution is 2.44. The molecule has 6 heteroatoms. The van der Waals surface area contributed by atoms with E-state index in [9.17, 15) is 9.90 Å². The Labute approximate surface area is 163 Å². The summed E-state index contributed by atoms with van der Waals surface area (Å²) in [6.45, 7) is 0.529. The first-order valence-electron chi connectivity index (χ1n) is 9.85. The highest BCUT2D eigenvalue weighted by molar-refractivity contribution is 6.08. The van der Waals surface area contributed by atoms with E-state index in [0.717, 1.165) is 22.6 Å². The van der Waals surface area contributed by atoms with Gasteiger partial charge >= 0.3 is 5.97 Å². The monoisotopic (exact) mass is 377 g/mol. The summed E-state index contributed by atoms with van der Waals surface area (Å²) in [5, 5.41) is 16.5. The summed E-state index contributed by atoms with van der Waals surface area (Å²) in [5.41, 5.74) is 9.80. The Morgan fingerprint density at radius 1 is 1.14 bits per heavy atom. The first-order valence-corrected chi connectivity index (χ1v) is 9.85. The largest absolute Gasteiger partial charge is 0.492 e. The number of nitrogens with two attached hydrogens (primary N) is 1. The first kappa shape index (κ1) is 17.1. The van der Waals surface area contributed by atoms with Crippen LogP contribution in [0.25, 0.3) is 0 Å². The molecule has 5 rings (SSSR count). The Kier molecular flexibility index (Phi) is 4.00. The van der Waals surface area contributed by atoms with Gasteiger partial charge in [-0.25, -0.2) is 4.79 Å². The average Bonchev–Trinajstić information content (AvgIpc) is 3.35. The number of hydrazone groups is 1. The van der Waals surface area contributed by atoms with Crippen LogP contribution < -0.4 is 15.5 Å². The number of rotatable bonds is 3. The van der Waals surface area contributed by atoms with Crippen molar-refractivity contribution in [1.82, 2.24) is 0 Å². The molecule has 3 aliphatic rings. The van der Waals surface area contributed by atoms with Crippen LogP contribution in [0, 0.1) is 11.8 Å². The summed E-state index contributed by atoms with van der Waals surface area (Å²) in [7, 11) is 0. The van der Waals surface area contributed by atoms with Crippen molar-refractivity contribution in [2.75, 3.05) is 17.3 Å². The van der Waals surface area contributed by atoms with Crippen molar-refractivity contribution < 1.29 is 14.6 Å². The number of hydrogen-bond donors (Lipinski definition) is 2. The van der Waals surface area contributed by atoms with Crippen molar-refractivity contribution in [2.45, 2.75) is 31.7 Å². The van der Waals surface area contributed by atoms with Crippen molar-refractivity contribution in [1.29, 1.82) is 0 Å². The molecule has 6 nitrogen and oxygen atoms in total. The Hall–Kier alpha value is -3.02. The van der Waals surface area contributed by atoms with Crippen LogP contribution >= 0.6 is 0 Å². The van der Waals surface area contributed by atoms with Crippen LogP contribution in [0.1, 0.15) is 41.6 Å². The van der Waals surface area contributed by atoms with Crippen LogP contribution in [-0.2, 0) is 0 Å². The SMILES string of the molecule is Nc1ccc(N2N=C3c4ccc(C(=O)O)cc4OC[C@H]3[C@H]2C2CCCC2)cc1. The third kappa shape index (κ3) is 2.71. The van der Waals surface area contributed by atoms with E-state index in [1.807, 2.05) is 30.3 Å². The van der Waals surface area contributed by atoms with E-state index in [-0.39, 0.29) is 17.5 Å². The number of ether oxygens (including phenoxy) is 1. The molecule has 0 unspecified atom stereocenters. The minimum absolute atomic E-state index is 0.184. The number of carboxylic acid groups (broad SMARTS) is 1. The van der Waals surface area contributed by atoms with Crippen LogP contribution in [0.5, 0.6) is 5.75 Å². The molecule has 0 spiro atoms. The summed E-state index contributed by atoms with van der Waals surface area (Å²) in [5.74, 6) is 0.421. The number of fused-ring (bicyclic) bond motifs is 3. The topological polar surface area (TPSA) is 88.2 Å². The summed E-state index contributed by atoms with van der Waals surface area (Å²) >= 11 is 0. The van der Waals surface area contributed by atoms with Gasteiger partial charge in [-0.1, -0.05) is 12.8 Å². The lowest BCUT2D eigenvalue weighted by Gasteiger charge is -2.34. The van der Waals surface area contributed by atoms with E-state index in [1.165, 1.54) is 25.7 Å². The molecular weight excluding hydrogens is 354 g/mol. The van der Waals surface area contributed by atoms with Crippen LogP contribution in [0.2, 0.25) is 0 Å². The molecule has 0 amide bonds. The van der Waals surface area contributed by atoms with Gasteiger partial charge in [0.25, 0.3) is 0 Å². The second kappa shape index (κ2) is 6.55. The lowest BCUT2D eigenvalue weighted by Crippen LogP contribution is -2.43. The molecule has 0 aromatic heterocycles. The van der Waals surface area contributed by atoms with Gasteiger partial charge in [0.15, 0.2) is 0 Å². The maximum atomic E-state index is 11.3. The van der Waals surface area contributed by atoms with Gasteiger partial charge in [-0.05, 0) is 61.2 Å². The van der Waals surface area contributed by atoms with Crippen LogP contribution in [0.15, 0.2) is 47.6 Å². The maximum Gasteiger partial charge on any atom is 0.335 e. The Morgan fingerprint density at radius 3 is 2.61 bits per heavy atom. The van der Waals surface area contributed by atoms with Gasteiger partial charge in [0.2, 0.25) is 0 Å². The standard InChI is InChI=1S/C22H23N3O3/c23-15-6-8-16(9-7-15)25-21(13-3-1-2-4-13)18-12-28-19-11-14(22(26)27)5-10-17(19)20(18)24-25/h5-11,13,18,21H,1-4,12,23H2,(H,26,27)/t18-,21-/m1/s1. The number of benzene rings is 2. The van der Waals surface area contributed by atoms with Gasteiger partial charge in [0.05, 0.1) is 35.5 Å². The molecule has 2 aromatic rings. The molecular formula is C22H23N3O3. The predicted molar refractivity (Wildman–Crippen MR) is 108 cm³/mol. The van der Waals surface area contributed by atoms with Gasteiger partial charge in [0, 0.05) is 11.3 Å². The second-order valence-corrected chi connectivity index (χ2v) is 7.89. The molecule has 3 N–H and O–H groups in total. The fraction of sp³-hybridized carbons (Fsp3) is 0.364. The predicted octanol–water partition coefficient (Wildman–Crippen LogP) is 3.76. The zero-order valence-corrected chi connectivity index (χ0v) is 15.5. The van der Waals surface area contributed by atoms with E-state index in [4.69, 9.17) is 15.6 Å². The van der Waals surface area contributed by atoms with Crippen LogP contribution in [0.4, 0.5) is 11.4 Å². The number of carbonyl (C=O) groups is 1. The van der Waals surface area contributed by atoms with E-state index in [2.05, 4.69) is 5.01 Å². The number of hydrogen-bond acceptors (Lipinski definition) is 5. The molecule has 144 valence electrons. The fourth-order valence-electron chi connectivity index (χ4n) is 4.87. The fourth-order valence-corrected chi connectivity index (χ4v) is 4.87. The summed E-state index contributed by atoms with van der Waals surface area (Å²) in [6, 6.07) is 13.2. The molecule has 0 radical (unpaired) electrons. The number of nitrogen functional groups attached to an aromatic ring is 1. The number of anilines is 2. The zero-order valence-electron chi connectivity index (χ0n) is 15.5. The first-order chi connectivity index (χ1) is 13.6. The van der Waals surface area contributed by atoms with E-state index in [1.54, 1.807) is 12.1 Å². The van der Waals surface area contributed by atoms with Gasteiger partial charge in [-0.2, -0.15) is 5.10 Å². The Bertz CT molecular complexity index is 948. The molecule has 1 aliphatic carbocycles. The quantitative estimate of drug-likeness (QED) is 0.795. The number of nitrogens with zero attached hydrogens (tertiary/aromatic N) is 2. The normalized spacial score (nSPS) is 23.7. The lowest BCUT2D eigenvalue weighted by molar-refractivity contribution is 0.0696. The van der Waals surface area contributed by atoms with Crippen molar-refractivity contribution in [3.8, 4) is 5.75 Å². The highest BCUT2D eigenvalue weighted by atomic mass is 16.5. The lowest BCUT2D eigenvalue weighted by atomic mass is 9.81.